The van der Waals surface area contributed by atoms with Crippen LogP contribution in [0.15, 0.2) is 51.8 Å². The van der Waals surface area contributed by atoms with Crippen LogP contribution in [-0.4, -0.2) is 10.8 Å². The molecule has 1 amide bonds. The van der Waals surface area contributed by atoms with Gasteiger partial charge in [-0.15, -0.1) is 11.8 Å². The third kappa shape index (κ3) is 3.83. The standard InChI is InChI=1S/C14H11BrN2O3S/c15-11-3-1-2-4-13(11)21-8-10-6-5-9(14(16)18)7-12(10)17(19)20/h1-7H,8H2,(H2,16,18). The first kappa shape index (κ1) is 15.5. The third-order valence-corrected chi connectivity index (χ3v) is 4.86. The quantitative estimate of drug-likeness (QED) is 0.495. The molecule has 0 spiro atoms. The Morgan fingerprint density at radius 1 is 1.29 bits per heavy atom. The lowest BCUT2D eigenvalue weighted by Gasteiger charge is -2.06. The fraction of sp³-hybridized carbons (Fsp3) is 0.0714. The first-order valence-electron chi connectivity index (χ1n) is 5.93. The number of hydrogen-bond donors (Lipinski definition) is 1. The Balaban J connectivity index is 2.26. The SMILES string of the molecule is NC(=O)c1ccc(CSc2ccccc2Br)c([N+](=O)[O-])c1. The number of primary amides is 1. The maximum absolute atomic E-state index is 11.1. The van der Waals surface area contributed by atoms with Crippen LogP contribution in [0.1, 0.15) is 15.9 Å². The van der Waals surface area contributed by atoms with Crippen LogP contribution in [0.4, 0.5) is 5.69 Å². The first-order valence-corrected chi connectivity index (χ1v) is 7.71. The molecule has 0 heterocycles. The second-order valence-electron chi connectivity index (χ2n) is 4.18. The highest BCUT2D eigenvalue weighted by Gasteiger charge is 2.16. The number of benzene rings is 2. The zero-order valence-corrected chi connectivity index (χ0v) is 13.2. The summed E-state index contributed by atoms with van der Waals surface area (Å²) in [5.41, 5.74) is 5.74. The van der Waals surface area contributed by atoms with Gasteiger partial charge in [0, 0.05) is 32.3 Å². The summed E-state index contributed by atoms with van der Waals surface area (Å²) < 4.78 is 0.936. The van der Waals surface area contributed by atoms with E-state index in [4.69, 9.17) is 5.73 Å². The Labute approximate surface area is 133 Å². The van der Waals surface area contributed by atoms with E-state index in [-0.39, 0.29) is 11.3 Å². The van der Waals surface area contributed by atoms with E-state index in [0.717, 1.165) is 9.37 Å². The molecule has 2 rings (SSSR count). The molecule has 7 heteroatoms. The van der Waals surface area contributed by atoms with Gasteiger partial charge in [0.05, 0.1) is 4.92 Å². The lowest BCUT2D eigenvalue weighted by molar-refractivity contribution is -0.385. The van der Waals surface area contributed by atoms with Crippen molar-refractivity contribution in [3.8, 4) is 0 Å². The summed E-state index contributed by atoms with van der Waals surface area (Å²) in [5, 5.41) is 11.1. The molecule has 0 aromatic heterocycles. The third-order valence-electron chi connectivity index (χ3n) is 2.79. The summed E-state index contributed by atoms with van der Waals surface area (Å²) in [6.07, 6.45) is 0. The van der Waals surface area contributed by atoms with Crippen LogP contribution in [0, 0.1) is 10.1 Å². The van der Waals surface area contributed by atoms with Gasteiger partial charge in [0.25, 0.3) is 5.69 Å². The topological polar surface area (TPSA) is 86.2 Å². The molecule has 2 aromatic rings. The number of nitrogens with zero attached hydrogens (tertiary/aromatic N) is 1. The second-order valence-corrected chi connectivity index (χ2v) is 6.06. The maximum Gasteiger partial charge on any atom is 0.274 e. The number of halogens is 1. The second kappa shape index (κ2) is 6.73. The van der Waals surface area contributed by atoms with Crippen molar-refractivity contribution < 1.29 is 9.72 Å². The highest BCUT2D eigenvalue weighted by Crippen LogP contribution is 2.32. The van der Waals surface area contributed by atoms with Crippen LogP contribution < -0.4 is 5.73 Å². The van der Waals surface area contributed by atoms with Crippen molar-refractivity contribution in [1.82, 2.24) is 0 Å². The number of amides is 1. The molecule has 0 radical (unpaired) electrons. The molecule has 0 atom stereocenters. The van der Waals surface area contributed by atoms with Crippen molar-refractivity contribution in [2.24, 2.45) is 5.73 Å². The van der Waals surface area contributed by atoms with E-state index >= 15 is 0 Å². The molecule has 0 aliphatic carbocycles. The maximum atomic E-state index is 11.1. The average molecular weight is 367 g/mol. The van der Waals surface area contributed by atoms with Crippen LogP contribution in [0.25, 0.3) is 0 Å². The van der Waals surface area contributed by atoms with Gasteiger partial charge >= 0.3 is 0 Å². The lowest BCUT2D eigenvalue weighted by atomic mass is 10.1. The van der Waals surface area contributed by atoms with Gasteiger partial charge in [-0.2, -0.15) is 0 Å². The van der Waals surface area contributed by atoms with E-state index in [1.165, 1.54) is 23.9 Å². The molecule has 0 fully saturated rings. The zero-order valence-electron chi connectivity index (χ0n) is 10.8. The number of hydrogen-bond acceptors (Lipinski definition) is 4. The number of nitrogens with two attached hydrogens (primary N) is 1. The van der Waals surface area contributed by atoms with Gasteiger partial charge < -0.3 is 5.73 Å². The molecule has 0 saturated carbocycles. The predicted molar refractivity (Wildman–Crippen MR) is 85.3 cm³/mol. The summed E-state index contributed by atoms with van der Waals surface area (Å²) in [6, 6.07) is 11.9. The minimum absolute atomic E-state index is 0.0918. The largest absolute Gasteiger partial charge is 0.366 e. The molecule has 0 saturated heterocycles. The molecule has 0 aliphatic heterocycles. The minimum Gasteiger partial charge on any atom is -0.366 e. The Kier molecular flexibility index (Phi) is 4.98. The van der Waals surface area contributed by atoms with Crippen LogP contribution in [0.2, 0.25) is 0 Å². The molecular formula is C14H11BrN2O3S. The van der Waals surface area contributed by atoms with Gasteiger partial charge in [-0.3, -0.25) is 14.9 Å². The Morgan fingerprint density at radius 2 is 2.00 bits per heavy atom. The van der Waals surface area contributed by atoms with Gasteiger partial charge in [-0.05, 0) is 34.1 Å². The van der Waals surface area contributed by atoms with Crippen LogP contribution in [0.3, 0.4) is 0 Å². The fourth-order valence-electron chi connectivity index (χ4n) is 1.73. The number of rotatable bonds is 5. The number of carbonyl (C=O) groups excluding carboxylic acids is 1. The predicted octanol–water partition coefficient (Wildman–Crippen LogP) is 3.75. The molecule has 108 valence electrons. The van der Waals surface area contributed by atoms with E-state index in [9.17, 15) is 14.9 Å². The smallest absolute Gasteiger partial charge is 0.274 e. The molecule has 2 N–H and O–H groups in total. The molecule has 0 unspecified atom stereocenters. The summed E-state index contributed by atoms with van der Waals surface area (Å²) in [5.74, 6) is -0.249. The molecule has 0 aliphatic rings. The van der Waals surface area contributed by atoms with Crippen molar-refractivity contribution in [3.05, 3.63) is 68.2 Å². The van der Waals surface area contributed by atoms with Crippen molar-refractivity contribution in [1.29, 1.82) is 0 Å². The van der Waals surface area contributed by atoms with Crippen LogP contribution >= 0.6 is 27.7 Å². The van der Waals surface area contributed by atoms with Crippen molar-refractivity contribution in [2.45, 2.75) is 10.6 Å². The summed E-state index contributed by atoms with van der Waals surface area (Å²) >= 11 is 4.91. The van der Waals surface area contributed by atoms with Crippen LogP contribution in [-0.2, 0) is 5.75 Å². The highest BCUT2D eigenvalue weighted by atomic mass is 79.9. The molecule has 0 bridgehead atoms. The van der Waals surface area contributed by atoms with Gasteiger partial charge in [0.15, 0.2) is 0 Å². The van der Waals surface area contributed by atoms with E-state index in [1.807, 2.05) is 24.3 Å². The Hall–Kier alpha value is -1.86. The highest BCUT2D eigenvalue weighted by molar-refractivity contribution is 9.10. The Bertz CT molecular complexity index is 706. The monoisotopic (exact) mass is 366 g/mol. The minimum atomic E-state index is -0.678. The van der Waals surface area contributed by atoms with Gasteiger partial charge in [-0.1, -0.05) is 18.2 Å². The normalized spacial score (nSPS) is 10.3. The van der Waals surface area contributed by atoms with Gasteiger partial charge in [-0.25, -0.2) is 0 Å². The Morgan fingerprint density at radius 3 is 2.62 bits per heavy atom. The molecular weight excluding hydrogens is 356 g/mol. The lowest BCUT2D eigenvalue weighted by Crippen LogP contribution is -2.11. The van der Waals surface area contributed by atoms with Crippen molar-refractivity contribution >= 4 is 39.3 Å². The fourth-order valence-corrected chi connectivity index (χ4v) is 3.29. The van der Waals surface area contributed by atoms with E-state index in [1.54, 1.807) is 6.07 Å². The first-order chi connectivity index (χ1) is 9.99. The van der Waals surface area contributed by atoms with Gasteiger partial charge in [0.1, 0.15) is 0 Å². The van der Waals surface area contributed by atoms with Gasteiger partial charge in [0.2, 0.25) is 5.91 Å². The van der Waals surface area contributed by atoms with Crippen LogP contribution in [0.5, 0.6) is 0 Å². The van der Waals surface area contributed by atoms with Crippen molar-refractivity contribution in [2.75, 3.05) is 0 Å². The van der Waals surface area contributed by atoms with E-state index in [0.29, 0.717) is 11.3 Å². The number of thioether (sulfide) groups is 1. The molecule has 21 heavy (non-hydrogen) atoms. The molecule has 5 nitrogen and oxygen atoms in total. The van der Waals surface area contributed by atoms with E-state index in [2.05, 4.69) is 15.9 Å². The number of nitro groups is 1. The summed E-state index contributed by atoms with van der Waals surface area (Å²) in [6.45, 7) is 0. The zero-order chi connectivity index (χ0) is 15.4. The average Bonchev–Trinajstić information content (AvgIpc) is 2.46. The number of nitro benzene ring substituents is 1. The molecule has 2 aromatic carbocycles. The van der Waals surface area contributed by atoms with E-state index < -0.39 is 10.8 Å². The summed E-state index contributed by atoms with van der Waals surface area (Å²) in [4.78, 5) is 22.7. The van der Waals surface area contributed by atoms with Crippen molar-refractivity contribution in [3.63, 3.8) is 0 Å². The number of carbonyl (C=O) groups is 1. The summed E-state index contributed by atoms with van der Waals surface area (Å²) in [7, 11) is 0.